The Bertz CT molecular complexity index is 613. The number of aromatic nitrogens is 1. The van der Waals surface area contributed by atoms with Gasteiger partial charge < -0.3 is 19.8 Å². The maximum Gasteiger partial charge on any atom is 0.161 e. The third-order valence-electron chi connectivity index (χ3n) is 3.34. The van der Waals surface area contributed by atoms with Crippen LogP contribution >= 0.6 is 11.3 Å². The number of nitrogens with zero attached hydrogens (tertiary/aromatic N) is 2. The van der Waals surface area contributed by atoms with Gasteiger partial charge in [0.1, 0.15) is 5.01 Å². The van der Waals surface area contributed by atoms with Crippen molar-refractivity contribution in [3.05, 3.63) is 29.3 Å². The number of benzene rings is 1. The predicted molar refractivity (Wildman–Crippen MR) is 88.4 cm³/mol. The molecule has 0 saturated carbocycles. The van der Waals surface area contributed by atoms with Crippen molar-refractivity contribution in [2.45, 2.75) is 26.0 Å². The largest absolute Gasteiger partial charge is 0.504 e. The van der Waals surface area contributed by atoms with Crippen molar-refractivity contribution in [3.8, 4) is 22.1 Å². The molecule has 0 spiro atoms. The molecule has 1 heterocycles. The number of hydrogen-bond acceptors (Lipinski definition) is 6. The van der Waals surface area contributed by atoms with Crippen molar-refractivity contribution in [3.63, 3.8) is 0 Å². The summed E-state index contributed by atoms with van der Waals surface area (Å²) in [6.07, 6.45) is 0.473. The van der Waals surface area contributed by atoms with E-state index in [1.807, 2.05) is 18.5 Å². The second-order valence-electron chi connectivity index (χ2n) is 5.41. The third kappa shape index (κ3) is 4.43. The van der Waals surface area contributed by atoms with Crippen molar-refractivity contribution < 1.29 is 14.9 Å². The first-order valence-corrected chi connectivity index (χ1v) is 8.06. The summed E-state index contributed by atoms with van der Waals surface area (Å²) in [6.45, 7) is 3.38. The zero-order valence-corrected chi connectivity index (χ0v) is 13.9. The summed E-state index contributed by atoms with van der Waals surface area (Å²) >= 11 is 1.57. The van der Waals surface area contributed by atoms with Gasteiger partial charge in [0.05, 0.1) is 18.9 Å². The lowest BCUT2D eigenvalue weighted by Gasteiger charge is -2.15. The second kappa shape index (κ2) is 7.58. The molecule has 0 bridgehead atoms. The van der Waals surface area contributed by atoms with Gasteiger partial charge in [0.2, 0.25) is 0 Å². The van der Waals surface area contributed by atoms with E-state index in [2.05, 4.69) is 9.88 Å². The molecule has 2 rings (SSSR count). The molecular formula is C16H22N2O3S. The van der Waals surface area contributed by atoms with E-state index in [4.69, 9.17) is 4.74 Å². The molecule has 0 saturated heterocycles. The highest BCUT2D eigenvalue weighted by Crippen LogP contribution is 2.32. The highest BCUT2D eigenvalue weighted by molar-refractivity contribution is 7.13. The zero-order chi connectivity index (χ0) is 16.1. The Balaban J connectivity index is 2.05. The molecule has 22 heavy (non-hydrogen) atoms. The maximum absolute atomic E-state index is 9.64. The molecule has 0 aliphatic heterocycles. The fourth-order valence-electron chi connectivity index (χ4n) is 2.09. The van der Waals surface area contributed by atoms with Crippen molar-refractivity contribution in [1.82, 2.24) is 9.88 Å². The molecule has 1 aromatic heterocycles. The summed E-state index contributed by atoms with van der Waals surface area (Å²) in [5.41, 5.74) is 1.93. The molecule has 2 N–H and O–H groups in total. The lowest BCUT2D eigenvalue weighted by molar-refractivity contribution is 0.162. The van der Waals surface area contributed by atoms with Gasteiger partial charge in [-0.1, -0.05) is 0 Å². The standard InChI is InChI=1S/C16H22N2O3S/c1-11(19)6-7-18(2)9-13-10-22-16(17-13)12-4-5-14(20)15(8-12)21-3/h4-5,8,10-11,19-20H,6-7,9H2,1-3H3. The van der Waals surface area contributed by atoms with Crippen LogP contribution in [-0.2, 0) is 6.54 Å². The topological polar surface area (TPSA) is 65.8 Å². The van der Waals surface area contributed by atoms with Crippen LogP contribution in [0, 0.1) is 0 Å². The minimum absolute atomic E-state index is 0.126. The minimum Gasteiger partial charge on any atom is -0.504 e. The quantitative estimate of drug-likeness (QED) is 0.820. The Labute approximate surface area is 134 Å². The van der Waals surface area contributed by atoms with Crippen LogP contribution in [0.1, 0.15) is 19.0 Å². The van der Waals surface area contributed by atoms with Gasteiger partial charge in [-0.2, -0.15) is 0 Å². The number of phenols is 1. The molecule has 1 aromatic carbocycles. The number of methoxy groups -OCH3 is 1. The Morgan fingerprint density at radius 2 is 2.18 bits per heavy atom. The van der Waals surface area contributed by atoms with E-state index < -0.39 is 0 Å². The summed E-state index contributed by atoms with van der Waals surface area (Å²) in [7, 11) is 3.55. The first kappa shape index (κ1) is 16.7. The van der Waals surface area contributed by atoms with E-state index in [9.17, 15) is 10.2 Å². The highest BCUT2D eigenvalue weighted by atomic mass is 32.1. The van der Waals surface area contributed by atoms with Crippen LogP contribution in [0.4, 0.5) is 0 Å². The Morgan fingerprint density at radius 1 is 1.41 bits per heavy atom. The number of aliphatic hydroxyl groups is 1. The van der Waals surface area contributed by atoms with Gasteiger partial charge in [0.15, 0.2) is 11.5 Å². The molecule has 1 atom stereocenters. The summed E-state index contributed by atoms with van der Waals surface area (Å²) in [5, 5.41) is 21.9. The number of aliphatic hydroxyl groups excluding tert-OH is 1. The fourth-order valence-corrected chi connectivity index (χ4v) is 2.89. The van der Waals surface area contributed by atoms with Gasteiger partial charge in [-0.15, -0.1) is 11.3 Å². The molecule has 6 heteroatoms. The average Bonchev–Trinajstić information content (AvgIpc) is 2.94. The van der Waals surface area contributed by atoms with E-state index in [0.29, 0.717) is 5.75 Å². The van der Waals surface area contributed by atoms with Gasteiger partial charge in [-0.05, 0) is 38.6 Å². The Hall–Kier alpha value is -1.63. The summed E-state index contributed by atoms with van der Waals surface area (Å²) < 4.78 is 5.13. The lowest BCUT2D eigenvalue weighted by atomic mass is 10.2. The summed E-state index contributed by atoms with van der Waals surface area (Å²) in [4.78, 5) is 6.77. The maximum atomic E-state index is 9.64. The molecule has 0 amide bonds. The van der Waals surface area contributed by atoms with Gasteiger partial charge in [0.25, 0.3) is 0 Å². The number of phenolic OH excluding ortho intramolecular Hbond substituents is 1. The molecule has 1 unspecified atom stereocenters. The van der Waals surface area contributed by atoms with Crippen LogP contribution in [0.15, 0.2) is 23.6 Å². The van der Waals surface area contributed by atoms with Crippen molar-refractivity contribution in [1.29, 1.82) is 0 Å². The van der Waals surface area contributed by atoms with E-state index >= 15 is 0 Å². The van der Waals surface area contributed by atoms with Gasteiger partial charge in [-0.25, -0.2) is 4.98 Å². The molecule has 0 aliphatic carbocycles. The number of rotatable bonds is 7. The van der Waals surface area contributed by atoms with Gasteiger partial charge >= 0.3 is 0 Å². The molecule has 120 valence electrons. The smallest absolute Gasteiger partial charge is 0.161 e. The highest BCUT2D eigenvalue weighted by Gasteiger charge is 2.10. The Kier molecular flexibility index (Phi) is 5.76. The summed E-state index contributed by atoms with van der Waals surface area (Å²) in [6, 6.07) is 5.23. The molecule has 0 radical (unpaired) electrons. The van der Waals surface area contributed by atoms with Gasteiger partial charge in [-0.3, -0.25) is 0 Å². The molecule has 0 fully saturated rings. The first-order chi connectivity index (χ1) is 10.5. The van der Waals surface area contributed by atoms with E-state index in [1.54, 1.807) is 30.4 Å². The average molecular weight is 322 g/mol. The van der Waals surface area contributed by atoms with Crippen LogP contribution < -0.4 is 4.74 Å². The number of aromatic hydroxyl groups is 1. The normalized spacial score (nSPS) is 12.6. The monoisotopic (exact) mass is 322 g/mol. The number of thiazole rings is 1. The van der Waals surface area contributed by atoms with Crippen molar-refractivity contribution in [2.24, 2.45) is 0 Å². The van der Waals surface area contributed by atoms with Crippen molar-refractivity contribution >= 4 is 11.3 Å². The summed E-state index contributed by atoms with van der Waals surface area (Å²) in [5.74, 6) is 0.573. The zero-order valence-electron chi connectivity index (χ0n) is 13.1. The van der Waals surface area contributed by atoms with E-state index in [0.717, 1.165) is 35.8 Å². The van der Waals surface area contributed by atoms with Crippen LogP contribution in [-0.4, -0.2) is 46.9 Å². The van der Waals surface area contributed by atoms with E-state index in [1.165, 1.54) is 7.11 Å². The van der Waals surface area contributed by atoms with Crippen LogP contribution in [0.3, 0.4) is 0 Å². The molecular weight excluding hydrogens is 300 g/mol. The number of hydrogen-bond donors (Lipinski definition) is 2. The second-order valence-corrected chi connectivity index (χ2v) is 6.26. The van der Waals surface area contributed by atoms with Gasteiger partial charge in [0, 0.05) is 24.0 Å². The SMILES string of the molecule is COc1cc(-c2nc(CN(C)CCC(C)O)cs2)ccc1O. The number of ether oxygens (including phenoxy) is 1. The van der Waals surface area contributed by atoms with Crippen LogP contribution in [0.5, 0.6) is 11.5 Å². The van der Waals surface area contributed by atoms with Crippen LogP contribution in [0.25, 0.3) is 10.6 Å². The fraction of sp³-hybridized carbons (Fsp3) is 0.438. The third-order valence-corrected chi connectivity index (χ3v) is 4.28. The van der Waals surface area contributed by atoms with Crippen LogP contribution in [0.2, 0.25) is 0 Å². The Morgan fingerprint density at radius 3 is 2.86 bits per heavy atom. The van der Waals surface area contributed by atoms with Crippen molar-refractivity contribution in [2.75, 3.05) is 20.7 Å². The van der Waals surface area contributed by atoms with E-state index in [-0.39, 0.29) is 11.9 Å². The first-order valence-electron chi connectivity index (χ1n) is 7.18. The predicted octanol–water partition coefficient (Wildman–Crippen LogP) is 2.73. The molecule has 2 aromatic rings. The minimum atomic E-state index is -0.280. The molecule has 5 nitrogen and oxygen atoms in total. The molecule has 0 aliphatic rings. The lowest BCUT2D eigenvalue weighted by Crippen LogP contribution is -2.22.